The van der Waals surface area contributed by atoms with Crippen LogP contribution in [0, 0.1) is 23.7 Å². The minimum atomic E-state index is -0.611. The Bertz CT molecular complexity index is 7050. The van der Waals surface area contributed by atoms with E-state index in [1.165, 1.54) is 54.6 Å². The summed E-state index contributed by atoms with van der Waals surface area (Å²) in [4.78, 5) is 56.0. The van der Waals surface area contributed by atoms with Crippen LogP contribution >= 0.6 is 37.2 Å². The second kappa shape index (κ2) is 35.8. The van der Waals surface area contributed by atoms with Crippen LogP contribution in [0.1, 0.15) is 63.7 Å². The molecule has 0 radical (unpaired) electrons. The monoisotopic (exact) mass is 1780 g/mol. The third-order valence-electron chi connectivity index (χ3n) is 22.5. The van der Waals surface area contributed by atoms with Gasteiger partial charge in [0.1, 0.15) is 0 Å². The fraction of sp³-hybridized carbons (Fsp3) is 0. The largest absolute Gasteiger partial charge is 0.285 e. The van der Waals surface area contributed by atoms with Crippen LogP contribution in [0.25, 0.3) is 154 Å². The van der Waals surface area contributed by atoms with E-state index in [-0.39, 0.29) is 11.1 Å². The van der Waals surface area contributed by atoms with Crippen LogP contribution in [0.15, 0.2) is 437 Å². The SMILES string of the molecule is C(#Cc1ccc2c3ccc(C#Cc4ccccc4)cc3c3c(-c4ccccc4)c(-c4ccccc4)c(-c4ccccc4)c(-c4ccccc4)c3c2c1)c1ccccc1.II.O=C(C(=O)c1ccc2c3ccc(C(=O)C(=O)c4ccccc4)cc3c3c(-c4ccccc4)c(-c4ccccc4)c(-c4ccccc4)c(-c4ccccc4)c3c2c1)c1ccccc1. The van der Waals surface area contributed by atoms with E-state index in [0.717, 1.165) is 121 Å². The average Bonchev–Trinajstić information content (AvgIpc) is 0.699. The van der Waals surface area contributed by atoms with Crippen molar-refractivity contribution >= 4 is 125 Å². The molecule has 0 amide bonds. The quantitative estimate of drug-likeness (QED) is 0.0358. The van der Waals surface area contributed by atoms with Crippen molar-refractivity contribution in [1.29, 1.82) is 0 Å². The van der Waals surface area contributed by atoms with Crippen LogP contribution in [0.2, 0.25) is 0 Å². The fourth-order valence-corrected chi connectivity index (χ4v) is 17.1. The molecular weight excluding hydrogens is 1710 g/mol. The van der Waals surface area contributed by atoms with Crippen LogP contribution in [0.3, 0.4) is 0 Å². The van der Waals surface area contributed by atoms with Gasteiger partial charge in [-0.25, -0.2) is 0 Å². The summed E-state index contributed by atoms with van der Waals surface area (Å²) in [7, 11) is 0. The molecule has 20 rings (SSSR count). The molecule has 0 unspecified atom stereocenters. The van der Waals surface area contributed by atoms with Crippen molar-refractivity contribution in [3.8, 4) is 113 Å². The van der Waals surface area contributed by atoms with E-state index in [2.05, 4.69) is 291 Å². The molecule has 0 heterocycles. The highest BCUT2D eigenvalue weighted by Crippen LogP contribution is 2.57. The molecule has 0 N–H and O–H groups in total. The molecule has 20 aromatic rings. The van der Waals surface area contributed by atoms with Gasteiger partial charge in [-0.1, -0.05) is 400 Å². The van der Waals surface area contributed by atoms with Gasteiger partial charge in [0.15, 0.2) is 0 Å². The lowest BCUT2D eigenvalue weighted by atomic mass is 9.76. The van der Waals surface area contributed by atoms with Crippen LogP contribution in [0.4, 0.5) is 0 Å². The third-order valence-corrected chi connectivity index (χ3v) is 22.5. The molecule has 574 valence electrons. The summed E-state index contributed by atoms with van der Waals surface area (Å²) in [5.74, 6) is 11.5. The Morgan fingerprint density at radius 1 is 0.156 bits per heavy atom. The van der Waals surface area contributed by atoms with Crippen LogP contribution < -0.4 is 0 Å². The van der Waals surface area contributed by atoms with Crippen LogP contribution in [0.5, 0.6) is 0 Å². The van der Waals surface area contributed by atoms with Gasteiger partial charge in [0.25, 0.3) is 0 Å². The zero-order chi connectivity index (χ0) is 82.8. The number of hydrogen-bond donors (Lipinski definition) is 0. The lowest BCUT2D eigenvalue weighted by Gasteiger charge is -2.26. The number of carbonyl (C=O) groups is 4. The molecule has 0 aliphatic heterocycles. The van der Waals surface area contributed by atoms with Crippen LogP contribution in [-0.2, 0) is 0 Å². The normalized spacial score (nSPS) is 10.9. The predicted molar refractivity (Wildman–Crippen MR) is 524 cm³/mol. The molecule has 0 saturated carbocycles. The maximum atomic E-state index is 14.2. The third kappa shape index (κ3) is 15.5. The first-order valence-corrected chi connectivity index (χ1v) is 46.6. The topological polar surface area (TPSA) is 68.3 Å². The molecule has 0 saturated heterocycles. The molecule has 0 spiro atoms. The Hall–Kier alpha value is -14.8. The van der Waals surface area contributed by atoms with E-state index in [1.807, 2.05) is 146 Å². The maximum absolute atomic E-state index is 14.2. The predicted octanol–water partition coefficient (Wildman–Crippen LogP) is 30.3. The first kappa shape index (κ1) is 78.4. The van der Waals surface area contributed by atoms with Crippen LogP contribution in [-0.4, -0.2) is 23.1 Å². The van der Waals surface area contributed by atoms with Gasteiger partial charge >= 0.3 is 0 Å². The molecule has 20 aromatic carbocycles. The molecule has 122 heavy (non-hydrogen) atoms. The van der Waals surface area contributed by atoms with Gasteiger partial charge in [-0.3, -0.25) is 19.2 Å². The number of ketones is 4. The van der Waals surface area contributed by atoms with Gasteiger partial charge < -0.3 is 0 Å². The number of Topliss-reactive ketones (excluding diaryl/α,β-unsaturated/α-hetero) is 4. The fourth-order valence-electron chi connectivity index (χ4n) is 17.1. The van der Waals surface area contributed by atoms with Gasteiger partial charge in [0.05, 0.1) is 0 Å². The molecule has 6 heteroatoms. The van der Waals surface area contributed by atoms with Gasteiger partial charge in [-0.2, -0.15) is 0 Å². The number of benzene rings is 20. The first-order chi connectivity index (χ1) is 60.3. The van der Waals surface area contributed by atoms with Gasteiger partial charge in [0, 0.05) is 81.7 Å². The average molecular weight is 1780 g/mol. The van der Waals surface area contributed by atoms with E-state index in [4.69, 9.17) is 0 Å². The van der Waals surface area contributed by atoms with Crippen molar-refractivity contribution in [2.45, 2.75) is 0 Å². The van der Waals surface area contributed by atoms with Gasteiger partial charge in [-0.05, 0) is 214 Å². The van der Waals surface area contributed by atoms with E-state index in [1.54, 1.807) is 60.7 Å². The summed E-state index contributed by atoms with van der Waals surface area (Å²) in [5.41, 5.74) is 22.2. The zero-order valence-electron chi connectivity index (χ0n) is 66.0. The number of carbonyl (C=O) groups excluding carboxylic acids is 4. The summed E-state index contributed by atoms with van der Waals surface area (Å²) < 4.78 is 0. The highest BCUT2D eigenvalue weighted by molar-refractivity contribution is 15.0. The Balaban J connectivity index is 0.000000164. The van der Waals surface area contributed by atoms with E-state index >= 15 is 0 Å². The summed E-state index contributed by atoms with van der Waals surface area (Å²) in [6.45, 7) is 0. The second-order valence-corrected chi connectivity index (χ2v) is 29.8. The molecular formula is C116H72I2O4. The molecule has 0 bridgehead atoms. The molecule has 4 nitrogen and oxygen atoms in total. The summed E-state index contributed by atoms with van der Waals surface area (Å²) >= 11 is 4.24. The number of hydrogen-bond acceptors (Lipinski definition) is 4. The van der Waals surface area contributed by atoms with Crippen molar-refractivity contribution in [3.05, 3.63) is 481 Å². The molecule has 0 aliphatic rings. The Labute approximate surface area is 731 Å². The van der Waals surface area contributed by atoms with Crippen molar-refractivity contribution in [1.82, 2.24) is 0 Å². The minimum Gasteiger partial charge on any atom is -0.285 e. The Morgan fingerprint density at radius 3 is 0.574 bits per heavy atom. The molecule has 0 aromatic heterocycles. The summed E-state index contributed by atoms with van der Waals surface area (Å²) in [6.07, 6.45) is 0. The summed E-state index contributed by atoms with van der Waals surface area (Å²) in [6, 6.07) is 147. The summed E-state index contributed by atoms with van der Waals surface area (Å²) in [5, 5.41) is 12.0. The van der Waals surface area contributed by atoms with E-state index in [9.17, 15) is 19.2 Å². The minimum absolute atomic E-state index is 0.265. The lowest BCUT2D eigenvalue weighted by molar-refractivity contribution is 0.0817. The number of rotatable bonds is 14. The van der Waals surface area contributed by atoms with Crippen molar-refractivity contribution in [3.63, 3.8) is 0 Å². The number of fused-ring (bicyclic) bond motifs is 12. The van der Waals surface area contributed by atoms with Gasteiger partial charge in [-0.15, -0.1) is 0 Å². The molecule has 0 atom stereocenters. The molecule has 0 fully saturated rings. The van der Waals surface area contributed by atoms with Crippen molar-refractivity contribution in [2.24, 2.45) is 0 Å². The van der Waals surface area contributed by atoms with E-state index < -0.39 is 23.1 Å². The first-order valence-electron chi connectivity index (χ1n) is 40.3. The highest BCUT2D eigenvalue weighted by atomic mass is 128. The van der Waals surface area contributed by atoms with Gasteiger partial charge in [0.2, 0.25) is 23.1 Å². The highest BCUT2D eigenvalue weighted by Gasteiger charge is 2.32. The lowest BCUT2D eigenvalue weighted by Crippen LogP contribution is -2.14. The Morgan fingerprint density at radius 2 is 0.336 bits per heavy atom. The smallest absolute Gasteiger partial charge is 0.233 e. The standard InChI is InChI=1S/C58H36O4.C58H36.I2/c59-55(41-27-15-5-16-28-41)57(61)43-31-33-45-46-34-32-44(58(62)56(60)42-29-17-6-18-30-42)36-48(46)54-52(40-25-13-4-14-26-40)50(38-21-9-2-10-22-38)49(37-19-7-1-8-20-37)51(53(54)47(45)35-43)39-23-11-3-12-24-39;1-7-19-41(20-8-1)31-33-43-35-37-49-50-38-36-44(34-32-42-21-9-2-10-22-42)40-52(50)58-56(48-29-17-6-18-30-48)54(46-25-13-4-14-26-46)53(45-23-11-3-12-24-45)55(57(58)51(49)39-43)47-27-15-5-16-28-47;1-2/h1-36H;1-30,35-40H;. The Kier molecular flexibility index (Phi) is 23.0. The zero-order valence-corrected chi connectivity index (χ0v) is 70.3. The van der Waals surface area contributed by atoms with E-state index in [0.29, 0.717) is 11.1 Å². The van der Waals surface area contributed by atoms with Crippen molar-refractivity contribution < 1.29 is 19.2 Å². The van der Waals surface area contributed by atoms with Crippen molar-refractivity contribution in [2.75, 3.05) is 0 Å². The maximum Gasteiger partial charge on any atom is 0.233 e. The second-order valence-electron chi connectivity index (χ2n) is 29.8. The number of halogens is 2. The molecule has 0 aliphatic carbocycles.